The highest BCUT2D eigenvalue weighted by Gasteiger charge is 2.26. The van der Waals surface area contributed by atoms with Crippen molar-refractivity contribution in [2.45, 2.75) is 17.4 Å². The van der Waals surface area contributed by atoms with Crippen molar-refractivity contribution in [3.63, 3.8) is 0 Å². The van der Waals surface area contributed by atoms with Crippen molar-refractivity contribution in [3.05, 3.63) is 29.8 Å². The lowest BCUT2D eigenvalue weighted by molar-refractivity contribution is 0.470. The highest BCUT2D eigenvalue weighted by atomic mass is 32.2. The Morgan fingerprint density at radius 3 is 2.84 bits per heavy atom. The van der Waals surface area contributed by atoms with Gasteiger partial charge in [-0.1, -0.05) is 6.07 Å². The monoisotopic (exact) mass is 278 g/mol. The molecule has 1 fully saturated rings. The molecule has 0 aromatic heterocycles. The van der Waals surface area contributed by atoms with Crippen molar-refractivity contribution in [2.24, 2.45) is 0 Å². The molecule has 1 N–H and O–H groups in total. The van der Waals surface area contributed by atoms with Crippen molar-refractivity contribution in [2.75, 3.05) is 13.1 Å². The summed E-state index contributed by atoms with van der Waals surface area (Å²) in [6.07, 6.45) is 2.60. The number of hydrogen-bond donors (Lipinski definition) is 1. The van der Waals surface area contributed by atoms with Gasteiger partial charge >= 0.3 is 0 Å². The number of nitriles is 2. The minimum absolute atomic E-state index is 0. The van der Waals surface area contributed by atoms with Gasteiger partial charge in [-0.25, -0.2) is 13.1 Å². The van der Waals surface area contributed by atoms with E-state index in [0.717, 1.165) is 0 Å². The molecule has 19 heavy (non-hydrogen) atoms. The molecule has 0 spiro atoms. The number of hydrogen-bond acceptors (Lipinski definition) is 5. The van der Waals surface area contributed by atoms with Crippen LogP contribution in [0.15, 0.2) is 29.2 Å². The molecular formula is C12H14N4O2S. The molecule has 1 aromatic carbocycles. The fourth-order valence-electron chi connectivity index (χ4n) is 1.97. The molecule has 1 saturated heterocycles. The van der Waals surface area contributed by atoms with E-state index >= 15 is 0 Å². The van der Waals surface area contributed by atoms with Crippen LogP contribution in [-0.2, 0) is 10.0 Å². The minimum Gasteiger partial charge on any atom is -0.309 e. The summed E-state index contributed by atoms with van der Waals surface area (Å²) in [7, 11) is -3.65. The van der Waals surface area contributed by atoms with Gasteiger partial charge in [0, 0.05) is 20.6 Å². The van der Waals surface area contributed by atoms with E-state index in [0.29, 0.717) is 25.1 Å². The number of likely N-dealkylation sites (tertiary alicyclic amines) is 1. The molecule has 7 heteroatoms. The zero-order valence-electron chi connectivity index (χ0n) is 10.1. The second kappa shape index (κ2) is 5.27. The molecular weight excluding hydrogens is 264 g/mol. The zero-order chi connectivity index (χ0) is 13.9. The van der Waals surface area contributed by atoms with Gasteiger partial charge in [0.1, 0.15) is 0 Å². The molecule has 100 valence electrons. The summed E-state index contributed by atoms with van der Waals surface area (Å²) in [5, 5.41) is 17.5. The Morgan fingerprint density at radius 1 is 1.42 bits per heavy atom. The van der Waals surface area contributed by atoms with Gasteiger partial charge < -0.3 is 4.90 Å². The first kappa shape index (κ1) is 13.3. The first-order chi connectivity index (χ1) is 9.05. The van der Waals surface area contributed by atoms with Gasteiger partial charge in [0.15, 0.2) is 6.19 Å². The maximum atomic E-state index is 12.1. The first-order valence-electron chi connectivity index (χ1n) is 5.72. The highest BCUT2D eigenvalue weighted by Crippen LogP contribution is 2.14. The molecule has 1 aromatic rings. The molecule has 0 unspecified atom stereocenters. The van der Waals surface area contributed by atoms with Crippen LogP contribution in [0.4, 0.5) is 0 Å². The van der Waals surface area contributed by atoms with Gasteiger partial charge in [-0.15, -0.1) is 0 Å². The van der Waals surface area contributed by atoms with E-state index in [4.69, 9.17) is 10.5 Å². The van der Waals surface area contributed by atoms with E-state index in [9.17, 15) is 8.42 Å². The van der Waals surface area contributed by atoms with Crippen LogP contribution >= 0.6 is 0 Å². The summed E-state index contributed by atoms with van der Waals surface area (Å²) < 4.78 is 26.8. The molecule has 0 radical (unpaired) electrons. The maximum Gasteiger partial charge on any atom is 0.240 e. The fraction of sp³-hybridized carbons (Fsp3) is 0.333. The van der Waals surface area contributed by atoms with Crippen LogP contribution in [0.1, 0.15) is 13.4 Å². The van der Waals surface area contributed by atoms with Crippen LogP contribution < -0.4 is 4.72 Å². The Kier molecular flexibility index (Phi) is 3.70. The first-order valence-corrected chi connectivity index (χ1v) is 7.20. The number of rotatable bonds is 3. The third-order valence-corrected chi connectivity index (χ3v) is 4.44. The predicted octanol–water partition coefficient (Wildman–Crippen LogP) is 0.638. The summed E-state index contributed by atoms with van der Waals surface area (Å²) in [4.78, 5) is 1.58. The van der Waals surface area contributed by atoms with Crippen LogP contribution in [0.25, 0.3) is 0 Å². The van der Waals surface area contributed by atoms with Crippen LogP contribution in [0, 0.1) is 22.8 Å². The standard InChI is InChI=1S/C12H12N4O2S.H2/c13-7-10-2-1-3-12(6-10)19(17,18)15-11-4-5-16(8-11)9-14;/h1-3,6,11,15H,4-5,8H2;1H/t11-;/m1./s1. The summed E-state index contributed by atoms with van der Waals surface area (Å²) in [5.41, 5.74) is 0.299. The lowest BCUT2D eigenvalue weighted by Crippen LogP contribution is -2.36. The number of benzene rings is 1. The largest absolute Gasteiger partial charge is 0.309 e. The lowest BCUT2D eigenvalue weighted by Gasteiger charge is -2.12. The number of sulfonamides is 1. The van der Waals surface area contributed by atoms with Crippen molar-refractivity contribution in [3.8, 4) is 12.3 Å². The third-order valence-electron chi connectivity index (χ3n) is 2.92. The zero-order valence-corrected chi connectivity index (χ0v) is 10.9. The van der Waals surface area contributed by atoms with Crippen molar-refractivity contribution in [1.82, 2.24) is 9.62 Å². The SMILES string of the molecule is N#Cc1cccc(S(=O)(=O)N[C@@H]2CCN(C#N)C2)c1.[HH]. The Morgan fingerprint density at radius 2 is 2.21 bits per heavy atom. The van der Waals surface area contributed by atoms with Gasteiger partial charge in [-0.3, -0.25) is 0 Å². The average Bonchev–Trinajstić information content (AvgIpc) is 2.85. The minimum atomic E-state index is -3.65. The van der Waals surface area contributed by atoms with Gasteiger partial charge in [0.2, 0.25) is 10.0 Å². The van der Waals surface area contributed by atoms with Gasteiger partial charge in [0.25, 0.3) is 0 Å². The van der Waals surface area contributed by atoms with Gasteiger partial charge in [-0.05, 0) is 24.6 Å². The predicted molar refractivity (Wildman–Crippen MR) is 69.2 cm³/mol. The quantitative estimate of drug-likeness (QED) is 0.818. The van der Waals surface area contributed by atoms with E-state index < -0.39 is 10.0 Å². The van der Waals surface area contributed by atoms with Crippen LogP contribution in [0.5, 0.6) is 0 Å². The van der Waals surface area contributed by atoms with Crippen molar-refractivity contribution < 1.29 is 9.84 Å². The molecule has 0 saturated carbocycles. The summed E-state index contributed by atoms with van der Waals surface area (Å²) in [6, 6.07) is 7.49. The third kappa shape index (κ3) is 3.02. The smallest absolute Gasteiger partial charge is 0.240 e. The van der Waals surface area contributed by atoms with Gasteiger partial charge in [-0.2, -0.15) is 10.5 Å². The van der Waals surface area contributed by atoms with E-state index in [1.54, 1.807) is 6.07 Å². The van der Waals surface area contributed by atoms with E-state index in [-0.39, 0.29) is 12.4 Å². The summed E-state index contributed by atoms with van der Waals surface area (Å²) in [6.45, 7) is 0.940. The van der Waals surface area contributed by atoms with Crippen molar-refractivity contribution in [1.29, 1.82) is 10.5 Å². The van der Waals surface area contributed by atoms with E-state index in [1.807, 2.05) is 12.3 Å². The Labute approximate surface area is 113 Å². The van der Waals surface area contributed by atoms with Crippen molar-refractivity contribution >= 4 is 10.0 Å². The fourth-order valence-corrected chi connectivity index (χ4v) is 3.27. The molecule has 0 bridgehead atoms. The van der Waals surface area contributed by atoms with Crippen LogP contribution in [0.3, 0.4) is 0 Å². The molecule has 1 aliphatic rings. The summed E-state index contributed by atoms with van der Waals surface area (Å²) >= 11 is 0. The Bertz CT molecular complexity index is 663. The molecule has 1 heterocycles. The average molecular weight is 278 g/mol. The molecule has 1 atom stereocenters. The molecule has 1 aliphatic heterocycles. The highest BCUT2D eigenvalue weighted by molar-refractivity contribution is 7.89. The molecule has 6 nitrogen and oxygen atoms in total. The topological polar surface area (TPSA) is 97.0 Å². The Balaban J connectivity index is 0.00000200. The summed E-state index contributed by atoms with van der Waals surface area (Å²) in [5.74, 6) is 0. The molecule has 2 rings (SSSR count). The maximum absolute atomic E-state index is 12.1. The van der Waals surface area contributed by atoms with E-state index in [1.165, 1.54) is 23.1 Å². The Hall–Kier alpha value is -2.09. The molecule has 0 aliphatic carbocycles. The number of nitrogens with zero attached hydrogens (tertiary/aromatic N) is 3. The van der Waals surface area contributed by atoms with Gasteiger partial charge in [0.05, 0.1) is 16.5 Å². The normalized spacial score (nSPS) is 18.8. The second-order valence-corrected chi connectivity index (χ2v) is 6.01. The van der Waals surface area contributed by atoms with Crippen LogP contribution in [-0.4, -0.2) is 32.4 Å². The van der Waals surface area contributed by atoms with Crippen LogP contribution in [0.2, 0.25) is 0 Å². The number of nitrogens with one attached hydrogen (secondary N) is 1. The second-order valence-electron chi connectivity index (χ2n) is 4.29. The lowest BCUT2D eigenvalue weighted by atomic mass is 10.2. The molecule has 0 amide bonds. The van der Waals surface area contributed by atoms with E-state index in [2.05, 4.69) is 4.72 Å².